The van der Waals surface area contributed by atoms with Crippen LogP contribution in [0.25, 0.3) is 15.9 Å². The van der Waals surface area contributed by atoms with E-state index in [2.05, 4.69) is 20.6 Å². The van der Waals surface area contributed by atoms with Crippen LogP contribution in [0.4, 0.5) is 11.5 Å². The van der Waals surface area contributed by atoms with E-state index in [0.717, 1.165) is 27.0 Å². The van der Waals surface area contributed by atoms with Crippen molar-refractivity contribution in [3.8, 4) is 0 Å². The van der Waals surface area contributed by atoms with Gasteiger partial charge in [-0.3, -0.25) is 0 Å². The van der Waals surface area contributed by atoms with Gasteiger partial charge in [0.05, 0.1) is 15.1 Å². The Bertz CT molecular complexity index is 1560. The molecule has 5 aromatic rings. The Hall–Kier alpha value is -3.01. The van der Waals surface area contributed by atoms with E-state index in [1.807, 2.05) is 43.5 Å². The van der Waals surface area contributed by atoms with E-state index in [4.69, 9.17) is 11.6 Å². The van der Waals surface area contributed by atoms with E-state index in [1.54, 1.807) is 0 Å². The molecule has 0 saturated heterocycles. The van der Waals surface area contributed by atoms with Crippen molar-refractivity contribution in [2.24, 2.45) is 0 Å². The van der Waals surface area contributed by atoms with Gasteiger partial charge < -0.3 is 5.32 Å². The van der Waals surface area contributed by atoms with Gasteiger partial charge in [0, 0.05) is 10.7 Å². The van der Waals surface area contributed by atoms with Crippen molar-refractivity contribution in [3.63, 3.8) is 0 Å². The van der Waals surface area contributed by atoms with Gasteiger partial charge in [-0.25, -0.2) is 13.4 Å². The lowest BCUT2D eigenvalue weighted by molar-refractivity contribution is 0.592. The Labute approximate surface area is 187 Å². The topological polar surface area (TPSA) is 89.2 Å². The lowest BCUT2D eigenvalue weighted by atomic mass is 10.1. The second-order valence-corrected chi connectivity index (χ2v) is 10.3. The summed E-state index contributed by atoms with van der Waals surface area (Å²) in [5.74, 6) is 0.557. The highest BCUT2D eigenvalue weighted by Crippen LogP contribution is 2.33. The van der Waals surface area contributed by atoms with Crippen molar-refractivity contribution < 1.29 is 8.42 Å². The van der Waals surface area contributed by atoms with Crippen LogP contribution in [0.15, 0.2) is 63.8 Å². The number of fused-ring (bicyclic) bond motifs is 3. The summed E-state index contributed by atoms with van der Waals surface area (Å²) in [4.78, 5) is 4.72. The molecule has 7 nitrogen and oxygen atoms in total. The van der Waals surface area contributed by atoms with Gasteiger partial charge in [0.15, 0.2) is 11.5 Å². The number of aryl methyl sites for hydroxylation is 2. The Morgan fingerprint density at radius 2 is 1.84 bits per heavy atom. The van der Waals surface area contributed by atoms with E-state index < -0.39 is 9.84 Å². The van der Waals surface area contributed by atoms with Crippen LogP contribution in [0.5, 0.6) is 0 Å². The predicted molar refractivity (Wildman–Crippen MR) is 122 cm³/mol. The number of benzene rings is 2. The summed E-state index contributed by atoms with van der Waals surface area (Å²) >= 11 is 7.40. The first-order valence-corrected chi connectivity index (χ1v) is 12.1. The van der Waals surface area contributed by atoms with Crippen molar-refractivity contribution in [1.29, 1.82) is 0 Å². The molecule has 0 bridgehead atoms. The van der Waals surface area contributed by atoms with Gasteiger partial charge in [-0.05, 0) is 66.8 Å². The summed E-state index contributed by atoms with van der Waals surface area (Å²) in [7, 11) is -3.94. The zero-order chi connectivity index (χ0) is 21.8. The summed E-state index contributed by atoms with van der Waals surface area (Å²) in [5, 5.41) is 13.6. The largest absolute Gasteiger partial charge is 0.339 e. The number of halogens is 1. The number of thiophene rings is 1. The average Bonchev–Trinajstić information content (AvgIpc) is 3.38. The van der Waals surface area contributed by atoms with Crippen LogP contribution in [0.1, 0.15) is 11.1 Å². The number of nitrogens with one attached hydrogen (secondary N) is 1. The summed E-state index contributed by atoms with van der Waals surface area (Å²) in [6.45, 7) is 4.02. The van der Waals surface area contributed by atoms with Crippen LogP contribution in [-0.2, 0) is 9.84 Å². The molecular weight excluding hydrogens is 454 g/mol. The highest BCUT2D eigenvalue weighted by atomic mass is 35.5. The lowest BCUT2D eigenvalue weighted by Gasteiger charge is -2.11. The zero-order valence-corrected chi connectivity index (χ0v) is 18.9. The number of aromatic nitrogens is 4. The monoisotopic (exact) mass is 469 g/mol. The molecular formula is C21H16ClN5O2S2. The number of anilines is 2. The van der Waals surface area contributed by atoms with Crippen molar-refractivity contribution in [2.75, 3.05) is 5.32 Å². The third kappa shape index (κ3) is 3.34. The standard InChI is InChI=1S/C21H16ClN5O2S2/c1-12-3-4-13(2)16(11-12)23-19-18-17(9-10-30-18)27-20(24-19)21(25-26-27)31(28,29)15-7-5-14(22)6-8-15/h3-11H,1-2H3,(H,23,24). The molecule has 31 heavy (non-hydrogen) atoms. The van der Waals surface area contributed by atoms with Crippen molar-refractivity contribution in [3.05, 3.63) is 70.1 Å². The Kier molecular flexibility index (Phi) is 4.69. The average molecular weight is 470 g/mol. The molecule has 3 heterocycles. The maximum atomic E-state index is 13.2. The first-order chi connectivity index (χ1) is 14.8. The molecule has 0 amide bonds. The molecule has 0 aliphatic heterocycles. The van der Waals surface area contributed by atoms with E-state index in [9.17, 15) is 8.42 Å². The predicted octanol–water partition coefficient (Wildman–Crippen LogP) is 5.19. The Morgan fingerprint density at radius 1 is 1.06 bits per heavy atom. The first-order valence-electron chi connectivity index (χ1n) is 9.32. The smallest absolute Gasteiger partial charge is 0.229 e. The van der Waals surface area contributed by atoms with Crippen LogP contribution in [0.2, 0.25) is 5.02 Å². The molecule has 2 aromatic carbocycles. The third-order valence-electron chi connectivity index (χ3n) is 4.95. The number of hydrogen-bond acceptors (Lipinski definition) is 7. The van der Waals surface area contributed by atoms with Crippen molar-refractivity contribution >= 4 is 60.1 Å². The summed E-state index contributed by atoms with van der Waals surface area (Å²) in [6.07, 6.45) is 0. The molecule has 156 valence electrons. The maximum absolute atomic E-state index is 13.2. The number of hydrogen-bond donors (Lipinski definition) is 1. The van der Waals surface area contributed by atoms with Gasteiger partial charge in [-0.15, -0.1) is 16.4 Å². The van der Waals surface area contributed by atoms with E-state index in [1.165, 1.54) is 40.1 Å². The summed E-state index contributed by atoms with van der Waals surface area (Å²) in [5.41, 5.74) is 3.95. The molecule has 0 fully saturated rings. The van der Waals surface area contributed by atoms with Gasteiger partial charge in [0.25, 0.3) is 0 Å². The van der Waals surface area contributed by atoms with Crippen LogP contribution < -0.4 is 5.32 Å². The van der Waals surface area contributed by atoms with Gasteiger partial charge in [0.1, 0.15) is 0 Å². The molecule has 0 saturated carbocycles. The highest BCUT2D eigenvalue weighted by molar-refractivity contribution is 7.91. The van der Waals surface area contributed by atoms with Crippen molar-refractivity contribution in [1.82, 2.24) is 19.8 Å². The third-order valence-corrected chi connectivity index (χ3v) is 7.78. The maximum Gasteiger partial charge on any atom is 0.229 e. The SMILES string of the molecule is Cc1ccc(C)c(Nc2nc3c(S(=O)(=O)c4ccc(Cl)cc4)nnn3c3ccsc23)c1. The minimum absolute atomic E-state index is 0.0792. The lowest BCUT2D eigenvalue weighted by Crippen LogP contribution is -2.05. The fraction of sp³-hybridized carbons (Fsp3) is 0.0952. The van der Waals surface area contributed by atoms with Crippen LogP contribution >= 0.6 is 22.9 Å². The van der Waals surface area contributed by atoms with E-state index >= 15 is 0 Å². The fourth-order valence-electron chi connectivity index (χ4n) is 3.31. The molecule has 5 rings (SSSR count). The van der Waals surface area contributed by atoms with Gasteiger partial charge in [0.2, 0.25) is 14.9 Å². The van der Waals surface area contributed by atoms with Gasteiger partial charge in [-0.1, -0.05) is 28.9 Å². The number of nitrogens with zero attached hydrogens (tertiary/aromatic N) is 4. The van der Waals surface area contributed by atoms with Gasteiger partial charge >= 0.3 is 0 Å². The van der Waals surface area contributed by atoms with Crippen LogP contribution in [-0.4, -0.2) is 28.2 Å². The molecule has 0 atom stereocenters. The second-order valence-electron chi connectivity index (χ2n) is 7.13. The molecule has 0 aliphatic carbocycles. The molecule has 10 heteroatoms. The molecule has 3 aromatic heterocycles. The normalized spacial score (nSPS) is 12.0. The van der Waals surface area contributed by atoms with Gasteiger partial charge in [-0.2, -0.15) is 4.52 Å². The molecule has 0 aliphatic rings. The highest BCUT2D eigenvalue weighted by Gasteiger charge is 2.27. The zero-order valence-electron chi connectivity index (χ0n) is 16.5. The number of sulfone groups is 1. The minimum Gasteiger partial charge on any atom is -0.339 e. The van der Waals surface area contributed by atoms with E-state index in [-0.39, 0.29) is 15.6 Å². The molecule has 1 N–H and O–H groups in total. The Balaban J connectivity index is 1.72. The van der Waals surface area contributed by atoms with Crippen LogP contribution in [0, 0.1) is 13.8 Å². The molecule has 0 spiro atoms. The van der Waals surface area contributed by atoms with E-state index in [0.29, 0.717) is 10.8 Å². The molecule has 0 radical (unpaired) electrons. The summed E-state index contributed by atoms with van der Waals surface area (Å²) in [6, 6.07) is 13.9. The molecule has 0 unspecified atom stereocenters. The Morgan fingerprint density at radius 3 is 2.61 bits per heavy atom. The fourth-order valence-corrected chi connectivity index (χ4v) is 5.48. The minimum atomic E-state index is -3.94. The van der Waals surface area contributed by atoms with Crippen molar-refractivity contribution in [2.45, 2.75) is 23.8 Å². The first kappa shape index (κ1) is 19.9. The second kappa shape index (κ2) is 7.30. The van der Waals surface area contributed by atoms with Crippen LogP contribution in [0.3, 0.4) is 0 Å². The quantitative estimate of drug-likeness (QED) is 0.390. The number of rotatable bonds is 4. The summed E-state index contributed by atoms with van der Waals surface area (Å²) < 4.78 is 28.8.